The molecule has 4 nitrogen and oxygen atoms in total. The fourth-order valence-corrected chi connectivity index (χ4v) is 3.79. The molecular weight excluding hydrogens is 296 g/mol. The lowest BCUT2D eigenvalue weighted by atomic mass is 9.98. The number of allylic oxidation sites excluding steroid dienone is 1. The van der Waals surface area contributed by atoms with E-state index in [0.29, 0.717) is 12.1 Å². The zero-order valence-electron chi connectivity index (χ0n) is 15.0. The highest BCUT2D eigenvalue weighted by atomic mass is 15.4. The Kier molecular flexibility index (Phi) is 4.76. The van der Waals surface area contributed by atoms with E-state index in [1.54, 1.807) is 0 Å². The van der Waals surface area contributed by atoms with Crippen molar-refractivity contribution >= 4 is 11.5 Å². The molecule has 0 bridgehead atoms. The third kappa shape index (κ3) is 2.98. The first kappa shape index (κ1) is 16.8. The van der Waals surface area contributed by atoms with Gasteiger partial charge in [-0.3, -0.25) is 0 Å². The van der Waals surface area contributed by atoms with Gasteiger partial charge < -0.3 is 15.5 Å². The van der Waals surface area contributed by atoms with Crippen LogP contribution < -0.4 is 10.6 Å². The van der Waals surface area contributed by atoms with Crippen LogP contribution in [0.25, 0.3) is 0 Å². The molecule has 0 spiro atoms. The Bertz CT molecular complexity index is 689. The van der Waals surface area contributed by atoms with Gasteiger partial charge in [0, 0.05) is 13.1 Å². The third-order valence-corrected chi connectivity index (χ3v) is 5.10. The van der Waals surface area contributed by atoms with Crippen LogP contribution in [0.15, 0.2) is 42.2 Å². The predicted octanol–water partition coefficient (Wildman–Crippen LogP) is 3.19. The van der Waals surface area contributed by atoms with Gasteiger partial charge in [0.1, 0.15) is 5.84 Å². The molecule has 2 aliphatic rings. The average Bonchev–Trinajstić information content (AvgIpc) is 3.10. The van der Waals surface area contributed by atoms with Crippen LogP contribution in [-0.4, -0.2) is 35.9 Å². The van der Waals surface area contributed by atoms with E-state index in [1.165, 1.54) is 16.7 Å². The zero-order chi connectivity index (χ0) is 17.3. The van der Waals surface area contributed by atoms with Crippen molar-refractivity contribution in [2.24, 2.45) is 4.99 Å². The van der Waals surface area contributed by atoms with Crippen molar-refractivity contribution in [1.82, 2.24) is 15.5 Å². The van der Waals surface area contributed by atoms with Crippen LogP contribution in [0, 0.1) is 13.8 Å². The minimum Gasteiger partial charge on any atom is -0.366 e. The maximum Gasteiger partial charge on any atom is 0.108 e. The van der Waals surface area contributed by atoms with E-state index in [4.69, 9.17) is 4.99 Å². The van der Waals surface area contributed by atoms with Crippen molar-refractivity contribution in [3.8, 4) is 0 Å². The molecular formula is C20H28N4. The van der Waals surface area contributed by atoms with E-state index in [2.05, 4.69) is 61.6 Å². The van der Waals surface area contributed by atoms with Gasteiger partial charge in [-0.05, 0) is 50.3 Å². The molecule has 2 aliphatic heterocycles. The molecule has 0 radical (unpaired) electrons. The van der Waals surface area contributed by atoms with Gasteiger partial charge in [-0.1, -0.05) is 24.8 Å². The molecule has 1 aromatic carbocycles. The summed E-state index contributed by atoms with van der Waals surface area (Å²) in [6.07, 6.45) is 3.93. The van der Waals surface area contributed by atoms with Gasteiger partial charge in [0.05, 0.1) is 23.6 Å². The number of hydrogen-bond acceptors (Lipinski definition) is 3. The summed E-state index contributed by atoms with van der Waals surface area (Å²) in [4.78, 5) is 7.30. The van der Waals surface area contributed by atoms with Crippen LogP contribution in [0.2, 0.25) is 0 Å². The minimum absolute atomic E-state index is 0.406. The lowest BCUT2D eigenvalue weighted by Crippen LogP contribution is -2.37. The Balaban J connectivity index is 1.96. The SMILES string of the molecule is C=CCCc1c(C)ccc(C)c1/N=C(\C)N1C(=C)NC2CNCC21. The van der Waals surface area contributed by atoms with Crippen LogP contribution in [0.3, 0.4) is 0 Å². The molecule has 0 aromatic heterocycles. The summed E-state index contributed by atoms with van der Waals surface area (Å²) in [6, 6.07) is 5.19. The molecule has 2 atom stereocenters. The average molecular weight is 324 g/mol. The van der Waals surface area contributed by atoms with Crippen molar-refractivity contribution in [1.29, 1.82) is 0 Å². The van der Waals surface area contributed by atoms with Crippen molar-refractivity contribution < 1.29 is 0 Å². The topological polar surface area (TPSA) is 39.7 Å². The quantitative estimate of drug-likeness (QED) is 0.508. The molecule has 2 N–H and O–H groups in total. The summed E-state index contributed by atoms with van der Waals surface area (Å²) < 4.78 is 0. The molecule has 0 amide bonds. The van der Waals surface area contributed by atoms with E-state index in [1.807, 2.05) is 6.08 Å². The Morgan fingerprint density at radius 3 is 2.83 bits per heavy atom. The van der Waals surface area contributed by atoms with Crippen molar-refractivity contribution in [2.75, 3.05) is 13.1 Å². The van der Waals surface area contributed by atoms with E-state index < -0.39 is 0 Å². The smallest absolute Gasteiger partial charge is 0.108 e. The van der Waals surface area contributed by atoms with E-state index in [9.17, 15) is 0 Å². The second kappa shape index (κ2) is 6.81. The maximum absolute atomic E-state index is 5.04. The van der Waals surface area contributed by atoms with Crippen molar-refractivity contribution in [2.45, 2.75) is 45.7 Å². The molecule has 0 aliphatic carbocycles. The second-order valence-electron chi connectivity index (χ2n) is 6.81. The van der Waals surface area contributed by atoms with Gasteiger partial charge in [-0.25, -0.2) is 4.99 Å². The van der Waals surface area contributed by atoms with Gasteiger partial charge in [0.2, 0.25) is 0 Å². The first-order chi connectivity index (χ1) is 11.5. The number of rotatable bonds is 4. The van der Waals surface area contributed by atoms with E-state index in [0.717, 1.165) is 43.3 Å². The molecule has 2 unspecified atom stereocenters. The minimum atomic E-state index is 0.406. The highest BCUT2D eigenvalue weighted by molar-refractivity contribution is 5.86. The summed E-state index contributed by atoms with van der Waals surface area (Å²) in [5.74, 6) is 1.97. The standard InChI is InChI=1S/C20H28N4/c1-6-7-8-17-13(2)9-10-14(3)20(17)23-16(5)24-15(4)22-18-11-21-12-19(18)24/h6,9-10,18-19,21-22H,1,4,7-8,11-12H2,2-3,5H3/b23-16+. The lowest BCUT2D eigenvalue weighted by Gasteiger charge is -2.24. The summed E-state index contributed by atoms with van der Waals surface area (Å²) in [7, 11) is 0. The Labute approximate surface area is 145 Å². The number of amidine groups is 1. The largest absolute Gasteiger partial charge is 0.366 e. The number of benzene rings is 1. The number of nitrogens with zero attached hydrogens (tertiary/aromatic N) is 2. The summed E-state index contributed by atoms with van der Waals surface area (Å²) in [6.45, 7) is 16.4. The first-order valence-corrected chi connectivity index (χ1v) is 8.73. The number of fused-ring (bicyclic) bond motifs is 1. The molecule has 3 rings (SSSR count). The third-order valence-electron chi connectivity index (χ3n) is 5.10. The molecule has 24 heavy (non-hydrogen) atoms. The van der Waals surface area contributed by atoms with E-state index in [-0.39, 0.29) is 0 Å². The number of aliphatic imine (C=N–C) groups is 1. The summed E-state index contributed by atoms with van der Waals surface area (Å²) >= 11 is 0. The molecule has 4 heteroatoms. The highest BCUT2D eigenvalue weighted by Crippen LogP contribution is 2.30. The Morgan fingerprint density at radius 1 is 1.33 bits per heavy atom. The number of nitrogens with one attached hydrogen (secondary N) is 2. The van der Waals surface area contributed by atoms with Crippen LogP contribution in [0.4, 0.5) is 5.69 Å². The van der Waals surface area contributed by atoms with Gasteiger partial charge in [-0.15, -0.1) is 6.58 Å². The zero-order valence-corrected chi connectivity index (χ0v) is 15.0. The summed E-state index contributed by atoms with van der Waals surface area (Å²) in [5.41, 5.74) is 4.95. The molecule has 0 saturated carbocycles. The van der Waals surface area contributed by atoms with Gasteiger partial charge in [0.25, 0.3) is 0 Å². The molecule has 2 saturated heterocycles. The van der Waals surface area contributed by atoms with Crippen LogP contribution in [-0.2, 0) is 6.42 Å². The highest BCUT2D eigenvalue weighted by Gasteiger charge is 2.40. The Morgan fingerprint density at radius 2 is 2.08 bits per heavy atom. The Hall–Kier alpha value is -2.07. The molecule has 2 fully saturated rings. The second-order valence-corrected chi connectivity index (χ2v) is 6.81. The number of hydrogen-bond donors (Lipinski definition) is 2. The van der Waals surface area contributed by atoms with Crippen molar-refractivity contribution in [3.05, 3.63) is 53.9 Å². The first-order valence-electron chi connectivity index (χ1n) is 8.73. The molecule has 128 valence electrons. The number of aryl methyl sites for hydroxylation is 2. The molecule has 2 heterocycles. The monoisotopic (exact) mass is 324 g/mol. The van der Waals surface area contributed by atoms with Crippen LogP contribution >= 0.6 is 0 Å². The fraction of sp³-hybridized carbons (Fsp3) is 0.450. The van der Waals surface area contributed by atoms with Crippen LogP contribution in [0.1, 0.15) is 30.0 Å². The van der Waals surface area contributed by atoms with Gasteiger partial charge >= 0.3 is 0 Å². The van der Waals surface area contributed by atoms with Crippen molar-refractivity contribution in [3.63, 3.8) is 0 Å². The van der Waals surface area contributed by atoms with Gasteiger partial charge in [0.15, 0.2) is 0 Å². The fourth-order valence-electron chi connectivity index (χ4n) is 3.79. The summed E-state index contributed by atoms with van der Waals surface area (Å²) in [5, 5.41) is 6.92. The predicted molar refractivity (Wildman–Crippen MR) is 102 cm³/mol. The van der Waals surface area contributed by atoms with Gasteiger partial charge in [-0.2, -0.15) is 0 Å². The van der Waals surface area contributed by atoms with Crippen LogP contribution in [0.5, 0.6) is 0 Å². The maximum atomic E-state index is 5.04. The molecule has 1 aromatic rings. The lowest BCUT2D eigenvalue weighted by molar-refractivity contribution is 0.441. The van der Waals surface area contributed by atoms with E-state index >= 15 is 0 Å². The normalized spacial score (nSPS) is 23.4.